The maximum atomic E-state index is 4.33. The summed E-state index contributed by atoms with van der Waals surface area (Å²) in [5.41, 5.74) is 0.441. The molecule has 0 spiro atoms. The maximum Gasteiger partial charge on any atom is 0.0925 e. The van der Waals surface area contributed by atoms with Crippen LogP contribution < -0.4 is 5.32 Å². The molecule has 13 heavy (non-hydrogen) atoms. The van der Waals surface area contributed by atoms with E-state index in [0.717, 1.165) is 13.0 Å². The zero-order valence-corrected chi connectivity index (χ0v) is 9.08. The average molecular weight is 196 g/mol. The summed E-state index contributed by atoms with van der Waals surface area (Å²) < 4.78 is 0. The van der Waals surface area contributed by atoms with E-state index in [2.05, 4.69) is 24.1 Å². The topological polar surface area (TPSA) is 24.9 Å². The van der Waals surface area contributed by atoms with Crippen LogP contribution in [0.4, 0.5) is 0 Å². The Hall–Kier alpha value is -0.410. The fourth-order valence-corrected chi connectivity index (χ4v) is 2.06. The van der Waals surface area contributed by atoms with Crippen LogP contribution in [0.25, 0.3) is 0 Å². The molecule has 2 rings (SSSR count). The van der Waals surface area contributed by atoms with Gasteiger partial charge in [0.25, 0.3) is 0 Å². The zero-order valence-electron chi connectivity index (χ0n) is 8.26. The smallest absolute Gasteiger partial charge is 0.0925 e. The van der Waals surface area contributed by atoms with E-state index in [1.165, 1.54) is 22.7 Å². The summed E-state index contributed by atoms with van der Waals surface area (Å²) in [6, 6.07) is 0. The second kappa shape index (κ2) is 3.39. The Labute approximate surface area is 83.4 Å². The third-order valence-electron chi connectivity index (χ3n) is 2.59. The van der Waals surface area contributed by atoms with Crippen molar-refractivity contribution in [2.45, 2.75) is 45.2 Å². The van der Waals surface area contributed by atoms with Crippen LogP contribution in [0.1, 0.15) is 36.6 Å². The molecular weight excluding hydrogens is 180 g/mol. The molecule has 0 radical (unpaired) electrons. The van der Waals surface area contributed by atoms with Crippen LogP contribution in [0, 0.1) is 0 Å². The lowest BCUT2D eigenvalue weighted by molar-refractivity contribution is 0.541. The summed E-state index contributed by atoms with van der Waals surface area (Å²) in [5, 5.41) is 4.81. The minimum absolute atomic E-state index is 0.441. The van der Waals surface area contributed by atoms with Crippen LogP contribution in [-0.2, 0) is 13.0 Å². The van der Waals surface area contributed by atoms with Gasteiger partial charge < -0.3 is 5.32 Å². The van der Waals surface area contributed by atoms with Gasteiger partial charge in [-0.2, -0.15) is 0 Å². The lowest BCUT2D eigenvalue weighted by Gasteiger charge is -2.08. The number of thiazole rings is 1. The second-order valence-electron chi connectivity index (χ2n) is 3.99. The van der Waals surface area contributed by atoms with Gasteiger partial charge >= 0.3 is 0 Å². The molecule has 0 bridgehead atoms. The van der Waals surface area contributed by atoms with Crippen molar-refractivity contribution < 1.29 is 0 Å². The lowest BCUT2D eigenvalue weighted by atomic mass is 10.3. The Morgan fingerprint density at radius 3 is 2.92 bits per heavy atom. The molecule has 1 aliphatic carbocycles. The van der Waals surface area contributed by atoms with Gasteiger partial charge in [0.05, 0.1) is 5.01 Å². The number of hydrogen-bond donors (Lipinski definition) is 1. The van der Waals surface area contributed by atoms with Gasteiger partial charge in [0, 0.05) is 23.2 Å². The van der Waals surface area contributed by atoms with Crippen molar-refractivity contribution in [2.75, 3.05) is 0 Å². The molecule has 2 nitrogen and oxygen atoms in total. The van der Waals surface area contributed by atoms with Gasteiger partial charge in [0.15, 0.2) is 0 Å². The normalized spacial score (nSPS) is 18.9. The van der Waals surface area contributed by atoms with Crippen LogP contribution in [0.2, 0.25) is 0 Å². The highest BCUT2D eigenvalue weighted by Crippen LogP contribution is 2.34. The standard InChI is InChI=1S/C10H16N2S/c1-3-9-11-6-8(13-9)7-12-10(2)4-5-10/h6,12H,3-5,7H2,1-2H3. The number of rotatable bonds is 4. The van der Waals surface area contributed by atoms with E-state index in [4.69, 9.17) is 0 Å². The van der Waals surface area contributed by atoms with Crippen molar-refractivity contribution in [3.63, 3.8) is 0 Å². The Kier molecular flexibility index (Phi) is 2.39. The van der Waals surface area contributed by atoms with E-state index in [-0.39, 0.29) is 0 Å². The Morgan fingerprint density at radius 1 is 1.62 bits per heavy atom. The molecule has 1 aromatic rings. The fourth-order valence-electron chi connectivity index (χ4n) is 1.26. The van der Waals surface area contributed by atoms with Crippen LogP contribution >= 0.6 is 11.3 Å². The molecular formula is C10H16N2S. The number of hydrogen-bond acceptors (Lipinski definition) is 3. The molecule has 0 atom stereocenters. The summed E-state index contributed by atoms with van der Waals surface area (Å²) in [4.78, 5) is 5.70. The van der Waals surface area contributed by atoms with Gasteiger partial charge in [-0.05, 0) is 26.2 Å². The summed E-state index contributed by atoms with van der Waals surface area (Å²) in [6.07, 6.45) is 5.71. The number of nitrogens with zero attached hydrogens (tertiary/aromatic N) is 1. The molecule has 0 aromatic carbocycles. The molecule has 0 aliphatic heterocycles. The van der Waals surface area contributed by atoms with Crippen molar-refractivity contribution in [3.05, 3.63) is 16.1 Å². The van der Waals surface area contributed by atoms with Gasteiger partial charge in [0.2, 0.25) is 0 Å². The quantitative estimate of drug-likeness (QED) is 0.799. The molecule has 1 aromatic heterocycles. The SMILES string of the molecule is CCc1ncc(CNC2(C)CC2)s1. The molecule has 1 heterocycles. The summed E-state index contributed by atoms with van der Waals surface area (Å²) in [6.45, 7) is 5.43. The van der Waals surface area contributed by atoms with Gasteiger partial charge in [-0.15, -0.1) is 11.3 Å². The average Bonchev–Trinajstić information content (AvgIpc) is 2.69. The van der Waals surface area contributed by atoms with Crippen LogP contribution in [0.5, 0.6) is 0 Å². The Bertz CT molecular complexity index is 289. The highest BCUT2D eigenvalue weighted by Gasteiger charge is 2.36. The van der Waals surface area contributed by atoms with Crippen LogP contribution in [0.3, 0.4) is 0 Å². The van der Waals surface area contributed by atoms with E-state index in [1.54, 1.807) is 0 Å². The van der Waals surface area contributed by atoms with Gasteiger partial charge in [-0.1, -0.05) is 6.92 Å². The van der Waals surface area contributed by atoms with Crippen LogP contribution in [-0.4, -0.2) is 10.5 Å². The molecule has 0 saturated heterocycles. The molecule has 0 amide bonds. The van der Waals surface area contributed by atoms with Crippen molar-refractivity contribution in [1.82, 2.24) is 10.3 Å². The van der Waals surface area contributed by atoms with E-state index < -0.39 is 0 Å². The van der Waals surface area contributed by atoms with Gasteiger partial charge in [0.1, 0.15) is 0 Å². The van der Waals surface area contributed by atoms with Crippen molar-refractivity contribution in [1.29, 1.82) is 0 Å². The monoisotopic (exact) mass is 196 g/mol. The molecule has 3 heteroatoms. The Morgan fingerprint density at radius 2 is 2.38 bits per heavy atom. The second-order valence-corrected chi connectivity index (χ2v) is 5.19. The first-order valence-electron chi connectivity index (χ1n) is 4.90. The minimum Gasteiger partial charge on any atom is -0.307 e. The lowest BCUT2D eigenvalue weighted by Crippen LogP contribution is -2.26. The van der Waals surface area contributed by atoms with Crippen molar-refractivity contribution in [3.8, 4) is 0 Å². The molecule has 1 saturated carbocycles. The highest BCUT2D eigenvalue weighted by atomic mass is 32.1. The summed E-state index contributed by atoms with van der Waals surface area (Å²) in [7, 11) is 0. The number of nitrogens with one attached hydrogen (secondary N) is 1. The van der Waals surface area contributed by atoms with E-state index in [1.807, 2.05) is 17.5 Å². The van der Waals surface area contributed by atoms with E-state index in [0.29, 0.717) is 5.54 Å². The summed E-state index contributed by atoms with van der Waals surface area (Å²) in [5.74, 6) is 0. The van der Waals surface area contributed by atoms with E-state index in [9.17, 15) is 0 Å². The predicted octanol–water partition coefficient (Wildman–Crippen LogP) is 2.35. The third kappa shape index (κ3) is 2.29. The predicted molar refractivity (Wildman–Crippen MR) is 56.0 cm³/mol. The molecule has 0 unspecified atom stereocenters. The van der Waals surface area contributed by atoms with Crippen molar-refractivity contribution in [2.24, 2.45) is 0 Å². The van der Waals surface area contributed by atoms with E-state index >= 15 is 0 Å². The molecule has 1 aliphatic rings. The Balaban J connectivity index is 1.87. The third-order valence-corrected chi connectivity index (χ3v) is 3.73. The fraction of sp³-hybridized carbons (Fsp3) is 0.700. The number of aryl methyl sites for hydroxylation is 1. The molecule has 1 N–H and O–H groups in total. The largest absolute Gasteiger partial charge is 0.307 e. The van der Waals surface area contributed by atoms with Gasteiger partial charge in [-0.3, -0.25) is 0 Å². The first-order chi connectivity index (χ1) is 6.22. The first kappa shape index (κ1) is 9.16. The maximum absolute atomic E-state index is 4.33. The molecule has 1 fully saturated rings. The van der Waals surface area contributed by atoms with Gasteiger partial charge in [-0.25, -0.2) is 4.98 Å². The highest BCUT2D eigenvalue weighted by molar-refractivity contribution is 7.11. The molecule has 72 valence electrons. The summed E-state index contributed by atoms with van der Waals surface area (Å²) >= 11 is 1.83. The number of aromatic nitrogens is 1. The minimum atomic E-state index is 0.441. The first-order valence-corrected chi connectivity index (χ1v) is 5.72. The van der Waals surface area contributed by atoms with Crippen LogP contribution in [0.15, 0.2) is 6.20 Å². The van der Waals surface area contributed by atoms with Crippen molar-refractivity contribution >= 4 is 11.3 Å². The zero-order chi connectivity index (χ0) is 9.31.